The SMILES string of the molecule is COc1ccc(C)cc1N(CC(=O)NCCOc1cccc2ccccc12)S(C)(=O)=O. The summed E-state index contributed by atoms with van der Waals surface area (Å²) in [5.74, 6) is 0.674. The molecule has 0 spiro atoms. The van der Waals surface area contributed by atoms with Gasteiger partial charge in [0.25, 0.3) is 0 Å². The number of rotatable bonds is 9. The van der Waals surface area contributed by atoms with Crippen LogP contribution < -0.4 is 19.1 Å². The minimum absolute atomic E-state index is 0.241. The van der Waals surface area contributed by atoms with Crippen LogP contribution >= 0.6 is 0 Å². The van der Waals surface area contributed by atoms with Crippen LogP contribution in [-0.4, -0.2) is 47.4 Å². The van der Waals surface area contributed by atoms with E-state index in [1.165, 1.54) is 7.11 Å². The first-order chi connectivity index (χ1) is 14.8. The number of nitrogens with one attached hydrogen (secondary N) is 1. The number of hydrogen-bond acceptors (Lipinski definition) is 5. The molecule has 0 saturated heterocycles. The highest BCUT2D eigenvalue weighted by Gasteiger charge is 2.24. The molecule has 0 fully saturated rings. The van der Waals surface area contributed by atoms with Crippen LogP contribution in [0, 0.1) is 6.92 Å². The van der Waals surface area contributed by atoms with Crippen molar-refractivity contribution < 1.29 is 22.7 Å². The number of ether oxygens (including phenoxy) is 2. The Morgan fingerprint density at radius 1 is 1.03 bits per heavy atom. The summed E-state index contributed by atoms with van der Waals surface area (Å²) in [6, 6.07) is 18.8. The molecule has 3 rings (SSSR count). The fourth-order valence-electron chi connectivity index (χ4n) is 3.24. The molecule has 0 atom stereocenters. The lowest BCUT2D eigenvalue weighted by atomic mass is 10.1. The van der Waals surface area contributed by atoms with E-state index in [4.69, 9.17) is 9.47 Å². The fraction of sp³-hybridized carbons (Fsp3) is 0.261. The molecule has 0 aromatic heterocycles. The van der Waals surface area contributed by atoms with Gasteiger partial charge in [-0.3, -0.25) is 9.10 Å². The summed E-state index contributed by atoms with van der Waals surface area (Å²) in [5.41, 5.74) is 1.18. The van der Waals surface area contributed by atoms with Crippen molar-refractivity contribution in [2.75, 3.05) is 37.4 Å². The third-order valence-electron chi connectivity index (χ3n) is 4.72. The minimum atomic E-state index is -3.70. The van der Waals surface area contributed by atoms with E-state index in [-0.39, 0.29) is 19.7 Å². The normalized spacial score (nSPS) is 11.2. The van der Waals surface area contributed by atoms with Crippen molar-refractivity contribution >= 4 is 32.4 Å². The first-order valence-electron chi connectivity index (χ1n) is 9.79. The molecule has 0 saturated carbocycles. The van der Waals surface area contributed by atoms with Gasteiger partial charge in [0.1, 0.15) is 24.7 Å². The first kappa shape index (κ1) is 22.4. The largest absolute Gasteiger partial charge is 0.495 e. The monoisotopic (exact) mass is 442 g/mol. The molecule has 0 bridgehead atoms. The van der Waals surface area contributed by atoms with Gasteiger partial charge in [0, 0.05) is 5.39 Å². The summed E-state index contributed by atoms with van der Waals surface area (Å²) in [7, 11) is -2.24. The lowest BCUT2D eigenvalue weighted by molar-refractivity contribution is -0.119. The summed E-state index contributed by atoms with van der Waals surface area (Å²) in [6.07, 6.45) is 1.06. The topological polar surface area (TPSA) is 84.9 Å². The maximum atomic E-state index is 12.5. The molecule has 3 aromatic rings. The summed E-state index contributed by atoms with van der Waals surface area (Å²) in [6.45, 7) is 1.98. The zero-order valence-electron chi connectivity index (χ0n) is 17.8. The highest BCUT2D eigenvalue weighted by atomic mass is 32.2. The summed E-state index contributed by atoms with van der Waals surface area (Å²) >= 11 is 0. The average Bonchev–Trinajstić information content (AvgIpc) is 2.74. The number of methoxy groups -OCH3 is 1. The number of fused-ring (bicyclic) bond motifs is 1. The summed E-state index contributed by atoms with van der Waals surface area (Å²) in [4.78, 5) is 12.5. The molecule has 8 heteroatoms. The minimum Gasteiger partial charge on any atom is -0.495 e. The molecule has 0 radical (unpaired) electrons. The van der Waals surface area contributed by atoms with Gasteiger partial charge in [-0.2, -0.15) is 0 Å². The zero-order valence-corrected chi connectivity index (χ0v) is 18.6. The van der Waals surface area contributed by atoms with E-state index in [9.17, 15) is 13.2 Å². The number of benzene rings is 3. The van der Waals surface area contributed by atoms with Gasteiger partial charge in [-0.25, -0.2) is 8.42 Å². The van der Waals surface area contributed by atoms with Crippen molar-refractivity contribution in [3.05, 3.63) is 66.2 Å². The molecule has 0 unspecified atom stereocenters. The second-order valence-corrected chi connectivity index (χ2v) is 9.03. The van der Waals surface area contributed by atoms with Crippen LogP contribution in [0.25, 0.3) is 10.8 Å². The highest BCUT2D eigenvalue weighted by molar-refractivity contribution is 7.92. The van der Waals surface area contributed by atoms with Gasteiger partial charge in [-0.1, -0.05) is 42.5 Å². The molecule has 7 nitrogen and oxygen atoms in total. The molecule has 0 aliphatic carbocycles. The van der Waals surface area contributed by atoms with Crippen LogP contribution in [0.5, 0.6) is 11.5 Å². The van der Waals surface area contributed by atoms with Gasteiger partial charge in [0.2, 0.25) is 15.9 Å². The number of carbonyl (C=O) groups excluding carboxylic acids is 1. The Labute approximate surface area is 182 Å². The van der Waals surface area contributed by atoms with Gasteiger partial charge in [0.15, 0.2) is 0 Å². The molecular formula is C23H26N2O5S. The third kappa shape index (κ3) is 5.67. The molecule has 164 valence electrons. The lowest BCUT2D eigenvalue weighted by Gasteiger charge is -2.24. The molecule has 1 amide bonds. The van der Waals surface area contributed by atoms with Gasteiger partial charge < -0.3 is 14.8 Å². The number of amides is 1. The molecule has 0 aliphatic rings. The number of carbonyl (C=O) groups is 1. The number of hydrogen-bond donors (Lipinski definition) is 1. The van der Waals surface area contributed by atoms with Crippen molar-refractivity contribution in [3.8, 4) is 11.5 Å². The Bertz CT molecular complexity index is 1170. The number of aryl methyl sites for hydroxylation is 1. The molecule has 0 aliphatic heterocycles. The Hall–Kier alpha value is -3.26. The van der Waals surface area contributed by atoms with E-state index in [2.05, 4.69) is 5.32 Å². The Morgan fingerprint density at radius 3 is 2.52 bits per heavy atom. The van der Waals surface area contributed by atoms with Gasteiger partial charge in [-0.15, -0.1) is 0 Å². The smallest absolute Gasteiger partial charge is 0.240 e. The van der Waals surface area contributed by atoms with Gasteiger partial charge >= 0.3 is 0 Å². The fourth-order valence-corrected chi connectivity index (χ4v) is 4.09. The van der Waals surface area contributed by atoms with E-state index < -0.39 is 15.9 Å². The molecule has 31 heavy (non-hydrogen) atoms. The van der Waals surface area contributed by atoms with E-state index >= 15 is 0 Å². The Balaban J connectivity index is 1.62. The van der Waals surface area contributed by atoms with E-state index in [0.29, 0.717) is 11.4 Å². The molecule has 1 N–H and O–H groups in total. The molecular weight excluding hydrogens is 416 g/mol. The number of nitrogens with zero attached hydrogens (tertiary/aromatic N) is 1. The van der Waals surface area contributed by atoms with Crippen LogP contribution in [0.2, 0.25) is 0 Å². The van der Waals surface area contributed by atoms with Crippen LogP contribution in [0.3, 0.4) is 0 Å². The molecule has 3 aromatic carbocycles. The van der Waals surface area contributed by atoms with Crippen molar-refractivity contribution in [1.29, 1.82) is 0 Å². The standard InChI is InChI=1S/C23H26N2O5S/c1-17-11-12-22(29-2)20(15-17)25(31(3,27)28)16-23(26)24-13-14-30-21-10-6-8-18-7-4-5-9-19(18)21/h4-12,15H,13-14,16H2,1-3H3,(H,24,26). The van der Waals surface area contributed by atoms with Crippen molar-refractivity contribution in [2.24, 2.45) is 0 Å². The average molecular weight is 443 g/mol. The van der Waals surface area contributed by atoms with E-state index in [1.54, 1.807) is 12.1 Å². The van der Waals surface area contributed by atoms with Crippen LogP contribution in [0.1, 0.15) is 5.56 Å². The van der Waals surface area contributed by atoms with E-state index in [1.807, 2.05) is 55.5 Å². The predicted octanol–water partition coefficient (Wildman–Crippen LogP) is 3.12. The lowest BCUT2D eigenvalue weighted by Crippen LogP contribution is -2.41. The number of anilines is 1. The first-order valence-corrected chi connectivity index (χ1v) is 11.6. The second kappa shape index (κ2) is 9.70. The maximum Gasteiger partial charge on any atom is 0.240 e. The van der Waals surface area contributed by atoms with E-state index in [0.717, 1.165) is 32.6 Å². The highest BCUT2D eigenvalue weighted by Crippen LogP contribution is 2.30. The van der Waals surface area contributed by atoms with Crippen molar-refractivity contribution in [1.82, 2.24) is 5.32 Å². The number of sulfonamides is 1. The Morgan fingerprint density at radius 2 is 1.77 bits per heavy atom. The van der Waals surface area contributed by atoms with Crippen LogP contribution in [-0.2, 0) is 14.8 Å². The van der Waals surface area contributed by atoms with Crippen LogP contribution in [0.4, 0.5) is 5.69 Å². The van der Waals surface area contributed by atoms with Crippen molar-refractivity contribution in [3.63, 3.8) is 0 Å². The summed E-state index contributed by atoms with van der Waals surface area (Å²) in [5, 5.41) is 4.78. The Kier molecular flexibility index (Phi) is 7.02. The van der Waals surface area contributed by atoms with Crippen LogP contribution in [0.15, 0.2) is 60.7 Å². The third-order valence-corrected chi connectivity index (χ3v) is 5.85. The zero-order chi connectivity index (χ0) is 22.4. The molecule has 0 heterocycles. The second-order valence-electron chi connectivity index (χ2n) is 7.12. The van der Waals surface area contributed by atoms with Crippen molar-refractivity contribution in [2.45, 2.75) is 6.92 Å². The quantitative estimate of drug-likeness (QED) is 0.515. The summed E-state index contributed by atoms with van der Waals surface area (Å²) < 4.78 is 36.8. The predicted molar refractivity (Wildman–Crippen MR) is 122 cm³/mol. The van der Waals surface area contributed by atoms with Gasteiger partial charge in [-0.05, 0) is 36.1 Å². The van der Waals surface area contributed by atoms with Gasteiger partial charge in [0.05, 0.1) is 25.6 Å². The maximum absolute atomic E-state index is 12.5.